The van der Waals surface area contributed by atoms with Gasteiger partial charge in [0.2, 0.25) is 10.0 Å². The number of aliphatic hydroxyl groups is 1. The summed E-state index contributed by atoms with van der Waals surface area (Å²) in [5.74, 6) is 0. The van der Waals surface area contributed by atoms with Crippen molar-refractivity contribution < 1.29 is 18.3 Å². The summed E-state index contributed by atoms with van der Waals surface area (Å²) in [5, 5.41) is 13.1. The molecule has 0 aliphatic heterocycles. The van der Waals surface area contributed by atoms with E-state index in [0.29, 0.717) is 11.4 Å². The molecular formula is C12H23N3O4S. The van der Waals surface area contributed by atoms with E-state index in [9.17, 15) is 8.42 Å². The Bertz CT molecular complexity index is 564. The number of methoxy groups -OCH3 is 1. The van der Waals surface area contributed by atoms with Crippen LogP contribution in [0.15, 0.2) is 4.90 Å². The van der Waals surface area contributed by atoms with E-state index in [-0.39, 0.29) is 24.6 Å². The molecule has 0 unspecified atom stereocenters. The van der Waals surface area contributed by atoms with Crippen LogP contribution in [0.25, 0.3) is 0 Å². The quantitative estimate of drug-likeness (QED) is 0.750. The highest BCUT2D eigenvalue weighted by molar-refractivity contribution is 7.89. The highest BCUT2D eigenvalue weighted by Crippen LogP contribution is 2.19. The van der Waals surface area contributed by atoms with Crippen LogP contribution < -0.4 is 4.72 Å². The Kier molecular flexibility index (Phi) is 5.31. The lowest BCUT2D eigenvalue weighted by atomic mass is 10.1. The summed E-state index contributed by atoms with van der Waals surface area (Å²) in [4.78, 5) is 0.165. The monoisotopic (exact) mass is 305 g/mol. The molecule has 0 fully saturated rings. The van der Waals surface area contributed by atoms with Crippen LogP contribution in [0, 0.1) is 13.8 Å². The van der Waals surface area contributed by atoms with Crippen molar-refractivity contribution in [2.45, 2.75) is 44.7 Å². The number of nitrogens with one attached hydrogen (secondary N) is 1. The maximum atomic E-state index is 12.4. The number of aliphatic hydroxyl groups excluding tert-OH is 1. The lowest BCUT2D eigenvalue weighted by Gasteiger charge is -2.23. The molecule has 0 spiro atoms. The molecule has 20 heavy (non-hydrogen) atoms. The molecule has 0 aliphatic rings. The molecule has 2 N–H and O–H groups in total. The lowest BCUT2D eigenvalue weighted by molar-refractivity contribution is 0.0276. The van der Waals surface area contributed by atoms with Gasteiger partial charge in [0.05, 0.1) is 30.1 Å². The second-order valence-electron chi connectivity index (χ2n) is 5.24. The van der Waals surface area contributed by atoms with Gasteiger partial charge in [0, 0.05) is 13.7 Å². The fourth-order valence-corrected chi connectivity index (χ4v) is 3.40. The van der Waals surface area contributed by atoms with Gasteiger partial charge >= 0.3 is 0 Å². The number of rotatable bonds is 7. The first kappa shape index (κ1) is 17.1. The molecule has 116 valence electrons. The Hall–Kier alpha value is -0.960. The van der Waals surface area contributed by atoms with Gasteiger partial charge in [-0.2, -0.15) is 5.10 Å². The summed E-state index contributed by atoms with van der Waals surface area (Å²) in [6.07, 6.45) is 0. The second kappa shape index (κ2) is 6.21. The minimum Gasteiger partial charge on any atom is -0.394 e. The maximum Gasteiger partial charge on any atom is 0.244 e. The first-order chi connectivity index (χ1) is 9.14. The topological polar surface area (TPSA) is 93.5 Å². The fourth-order valence-electron chi connectivity index (χ4n) is 1.79. The average molecular weight is 305 g/mol. The predicted molar refractivity (Wildman–Crippen MR) is 75.1 cm³/mol. The van der Waals surface area contributed by atoms with Crippen LogP contribution in [-0.4, -0.2) is 49.2 Å². The molecule has 1 rings (SSSR count). The van der Waals surface area contributed by atoms with Gasteiger partial charge in [0.1, 0.15) is 4.90 Å². The van der Waals surface area contributed by atoms with Crippen molar-refractivity contribution in [2.75, 3.05) is 20.3 Å². The van der Waals surface area contributed by atoms with Crippen molar-refractivity contribution in [1.82, 2.24) is 14.5 Å². The van der Waals surface area contributed by atoms with Gasteiger partial charge in [-0.3, -0.25) is 4.68 Å². The van der Waals surface area contributed by atoms with Crippen molar-refractivity contribution in [3.05, 3.63) is 11.4 Å². The zero-order chi connectivity index (χ0) is 15.6. The van der Waals surface area contributed by atoms with E-state index in [1.165, 1.54) is 11.8 Å². The molecule has 1 heterocycles. The van der Waals surface area contributed by atoms with Crippen LogP contribution >= 0.6 is 0 Å². The van der Waals surface area contributed by atoms with Crippen molar-refractivity contribution >= 4 is 10.0 Å². The van der Waals surface area contributed by atoms with Gasteiger partial charge < -0.3 is 9.84 Å². The Labute approximate surface area is 120 Å². The third-order valence-corrected chi connectivity index (χ3v) is 4.79. The third kappa shape index (κ3) is 3.78. The van der Waals surface area contributed by atoms with Crippen LogP contribution in [0.5, 0.6) is 0 Å². The Morgan fingerprint density at radius 2 is 2.00 bits per heavy atom. The van der Waals surface area contributed by atoms with Crippen molar-refractivity contribution in [2.24, 2.45) is 0 Å². The van der Waals surface area contributed by atoms with E-state index in [4.69, 9.17) is 9.84 Å². The fraction of sp³-hybridized carbons (Fsp3) is 0.750. The molecule has 0 saturated heterocycles. The average Bonchev–Trinajstić information content (AvgIpc) is 2.63. The molecule has 0 amide bonds. The number of sulfonamides is 1. The van der Waals surface area contributed by atoms with E-state index in [0.717, 1.165) is 0 Å². The Morgan fingerprint density at radius 1 is 1.40 bits per heavy atom. The molecule has 0 saturated carbocycles. The number of hydrogen-bond acceptors (Lipinski definition) is 5. The van der Waals surface area contributed by atoms with Gasteiger partial charge in [0.25, 0.3) is 0 Å². The Morgan fingerprint density at radius 3 is 2.50 bits per heavy atom. The predicted octanol–water partition coefficient (Wildman–Crippen LogP) is 0.196. The number of ether oxygens (including phenoxy) is 1. The summed E-state index contributed by atoms with van der Waals surface area (Å²) in [6, 6.07) is 0. The molecule has 1 aromatic heterocycles. The zero-order valence-electron chi connectivity index (χ0n) is 12.6. The first-order valence-corrected chi connectivity index (χ1v) is 7.82. The summed E-state index contributed by atoms with van der Waals surface area (Å²) in [7, 11) is -2.13. The molecule has 0 bridgehead atoms. The number of aryl methyl sites for hydroxylation is 1. The third-order valence-electron chi connectivity index (χ3n) is 3.14. The zero-order valence-corrected chi connectivity index (χ0v) is 13.4. The van der Waals surface area contributed by atoms with Gasteiger partial charge in [-0.05, 0) is 27.7 Å². The van der Waals surface area contributed by atoms with Crippen LogP contribution in [0.3, 0.4) is 0 Å². The number of nitrogens with zero attached hydrogens (tertiary/aromatic N) is 2. The van der Waals surface area contributed by atoms with Crippen LogP contribution in [0.4, 0.5) is 0 Å². The van der Waals surface area contributed by atoms with Crippen molar-refractivity contribution in [1.29, 1.82) is 0 Å². The normalized spacial score (nSPS) is 12.9. The van der Waals surface area contributed by atoms with E-state index >= 15 is 0 Å². The maximum absolute atomic E-state index is 12.4. The van der Waals surface area contributed by atoms with Gasteiger partial charge in [0.15, 0.2) is 0 Å². The molecular weight excluding hydrogens is 282 g/mol. The molecule has 0 atom stereocenters. The summed E-state index contributed by atoms with van der Waals surface area (Å²) in [5.41, 5.74) is 0.341. The van der Waals surface area contributed by atoms with Crippen molar-refractivity contribution in [3.63, 3.8) is 0 Å². The highest BCUT2D eigenvalue weighted by Gasteiger charge is 2.27. The van der Waals surface area contributed by atoms with Crippen LogP contribution in [0.2, 0.25) is 0 Å². The molecule has 8 heteroatoms. The standard InChI is InChI=1S/C12H23N3O4S/c1-9-11(10(2)15(14-9)6-7-16)20(17,18)13-8-12(3,4)19-5/h13,16H,6-8H2,1-5H3. The SMILES string of the molecule is COC(C)(C)CNS(=O)(=O)c1c(C)nn(CCO)c1C. The summed E-state index contributed by atoms with van der Waals surface area (Å²) >= 11 is 0. The van der Waals surface area contributed by atoms with Crippen molar-refractivity contribution in [3.8, 4) is 0 Å². The Balaban J connectivity index is 3.04. The minimum absolute atomic E-state index is 0.0917. The second-order valence-corrected chi connectivity index (χ2v) is 6.94. The number of aromatic nitrogens is 2. The van der Waals surface area contributed by atoms with E-state index < -0.39 is 15.6 Å². The van der Waals surface area contributed by atoms with E-state index in [1.54, 1.807) is 27.7 Å². The molecule has 1 aromatic rings. The molecule has 7 nitrogen and oxygen atoms in total. The smallest absolute Gasteiger partial charge is 0.244 e. The minimum atomic E-state index is -3.66. The summed E-state index contributed by atoms with van der Waals surface area (Å²) in [6.45, 7) is 7.24. The molecule has 0 aliphatic carbocycles. The number of hydrogen-bond donors (Lipinski definition) is 2. The van der Waals surface area contributed by atoms with E-state index in [1.807, 2.05) is 0 Å². The molecule has 0 radical (unpaired) electrons. The van der Waals surface area contributed by atoms with Gasteiger partial charge in [-0.1, -0.05) is 0 Å². The van der Waals surface area contributed by atoms with Gasteiger partial charge in [-0.25, -0.2) is 13.1 Å². The lowest BCUT2D eigenvalue weighted by Crippen LogP contribution is -2.40. The van der Waals surface area contributed by atoms with Crippen LogP contribution in [0.1, 0.15) is 25.2 Å². The first-order valence-electron chi connectivity index (χ1n) is 6.34. The van der Waals surface area contributed by atoms with Gasteiger partial charge in [-0.15, -0.1) is 0 Å². The largest absolute Gasteiger partial charge is 0.394 e. The summed E-state index contributed by atoms with van der Waals surface area (Å²) < 4.78 is 34.0. The van der Waals surface area contributed by atoms with E-state index in [2.05, 4.69) is 9.82 Å². The molecule has 0 aromatic carbocycles. The highest BCUT2D eigenvalue weighted by atomic mass is 32.2. The van der Waals surface area contributed by atoms with Crippen LogP contribution in [-0.2, 0) is 21.3 Å².